The molecule has 0 saturated heterocycles. The molecule has 0 atom stereocenters. The number of nitrogens with zero attached hydrogens (tertiary/aromatic N) is 1. The van der Waals surface area contributed by atoms with Gasteiger partial charge in [-0.2, -0.15) is 0 Å². The quantitative estimate of drug-likeness (QED) is 0.766. The number of aromatic nitrogens is 1. The van der Waals surface area contributed by atoms with E-state index in [4.69, 9.17) is 9.15 Å². The van der Waals surface area contributed by atoms with E-state index in [9.17, 15) is 9.18 Å². The number of thiazole rings is 1. The molecule has 0 bridgehead atoms. The molecule has 0 radical (unpaired) electrons. The van der Waals surface area contributed by atoms with Gasteiger partial charge in [0.05, 0.1) is 5.69 Å². The highest BCUT2D eigenvalue weighted by Crippen LogP contribution is 2.19. The summed E-state index contributed by atoms with van der Waals surface area (Å²) >= 11 is 1.34. The summed E-state index contributed by atoms with van der Waals surface area (Å²) in [6, 6.07) is 9.25. The Morgan fingerprint density at radius 2 is 2.17 bits per heavy atom. The van der Waals surface area contributed by atoms with Crippen molar-refractivity contribution in [1.29, 1.82) is 0 Å². The largest absolute Gasteiger partial charge is 0.483 e. The monoisotopic (exact) mass is 332 g/mol. The fourth-order valence-corrected chi connectivity index (χ4v) is 2.54. The van der Waals surface area contributed by atoms with E-state index in [1.807, 2.05) is 12.3 Å². The summed E-state index contributed by atoms with van der Waals surface area (Å²) in [7, 11) is 0. The molecule has 0 unspecified atom stereocenters. The second kappa shape index (κ2) is 6.62. The number of furan rings is 1. The van der Waals surface area contributed by atoms with Crippen LogP contribution in [-0.4, -0.2) is 10.9 Å². The molecule has 23 heavy (non-hydrogen) atoms. The molecule has 0 aliphatic heterocycles. The smallest absolute Gasteiger partial charge is 0.293 e. The van der Waals surface area contributed by atoms with Gasteiger partial charge in [0.2, 0.25) is 0 Å². The van der Waals surface area contributed by atoms with Crippen LogP contribution in [-0.2, 0) is 6.61 Å². The number of amides is 1. The van der Waals surface area contributed by atoms with Crippen LogP contribution in [0.5, 0.6) is 5.75 Å². The predicted molar refractivity (Wildman–Crippen MR) is 84.2 cm³/mol. The maximum absolute atomic E-state index is 13.4. The predicted octanol–water partition coefficient (Wildman–Crippen LogP) is 4.01. The summed E-state index contributed by atoms with van der Waals surface area (Å²) in [6.45, 7) is 1.88. The Kier molecular flexibility index (Phi) is 4.38. The number of hydrogen-bond donors (Lipinski definition) is 1. The zero-order chi connectivity index (χ0) is 16.2. The minimum atomic E-state index is -0.448. The van der Waals surface area contributed by atoms with Crippen LogP contribution in [0.15, 0.2) is 46.2 Å². The van der Waals surface area contributed by atoms with Gasteiger partial charge in [0.25, 0.3) is 5.91 Å². The molecule has 3 rings (SSSR count). The first-order chi connectivity index (χ1) is 11.1. The van der Waals surface area contributed by atoms with Gasteiger partial charge in [-0.15, -0.1) is 11.3 Å². The number of carbonyl (C=O) groups excluding carboxylic acids is 1. The van der Waals surface area contributed by atoms with Gasteiger partial charge in [-0.25, -0.2) is 9.37 Å². The van der Waals surface area contributed by atoms with Crippen LogP contribution >= 0.6 is 11.3 Å². The van der Waals surface area contributed by atoms with E-state index in [0.29, 0.717) is 10.9 Å². The third-order valence-corrected chi connectivity index (χ3v) is 3.81. The molecule has 0 saturated carbocycles. The number of nitrogens with one attached hydrogen (secondary N) is 1. The fourth-order valence-electron chi connectivity index (χ4n) is 1.86. The standard InChI is InChI=1S/C16H13FN2O3S/c1-10-9-23-16(18-10)19-15(20)14-7-6-11(22-14)8-21-13-5-3-2-4-12(13)17/h2-7,9H,8H2,1H3,(H,18,19,20). The third-order valence-electron chi connectivity index (χ3n) is 2.93. The number of ether oxygens (including phenoxy) is 1. The highest BCUT2D eigenvalue weighted by molar-refractivity contribution is 7.13. The molecule has 0 spiro atoms. The molecular weight excluding hydrogens is 319 g/mol. The SMILES string of the molecule is Cc1csc(NC(=O)c2ccc(COc3ccccc3F)o2)n1. The lowest BCUT2D eigenvalue weighted by molar-refractivity contribution is 0.0992. The van der Waals surface area contributed by atoms with E-state index in [1.54, 1.807) is 18.2 Å². The lowest BCUT2D eigenvalue weighted by Crippen LogP contribution is -2.10. The number of hydrogen-bond acceptors (Lipinski definition) is 5. The summed E-state index contributed by atoms with van der Waals surface area (Å²) < 4.78 is 24.2. The number of benzene rings is 1. The van der Waals surface area contributed by atoms with Crippen molar-refractivity contribution in [3.8, 4) is 5.75 Å². The lowest BCUT2D eigenvalue weighted by atomic mass is 10.3. The van der Waals surface area contributed by atoms with Crippen LogP contribution in [0.2, 0.25) is 0 Å². The Balaban J connectivity index is 1.61. The Labute approximate surface area is 135 Å². The molecule has 0 aliphatic carbocycles. The Bertz CT molecular complexity index is 828. The van der Waals surface area contributed by atoms with Gasteiger partial charge >= 0.3 is 0 Å². The molecule has 1 amide bonds. The number of anilines is 1. The van der Waals surface area contributed by atoms with E-state index in [1.165, 1.54) is 29.5 Å². The van der Waals surface area contributed by atoms with E-state index in [0.717, 1.165) is 5.69 Å². The second-order valence-electron chi connectivity index (χ2n) is 4.73. The van der Waals surface area contributed by atoms with Gasteiger partial charge in [0.1, 0.15) is 12.4 Å². The molecule has 0 fully saturated rings. The summed E-state index contributed by atoms with van der Waals surface area (Å²) in [4.78, 5) is 16.2. The first-order valence-corrected chi connectivity index (χ1v) is 7.69. The van der Waals surface area contributed by atoms with Crippen LogP contribution in [0.4, 0.5) is 9.52 Å². The molecule has 1 aromatic carbocycles. The summed E-state index contributed by atoms with van der Waals surface area (Å²) in [6.07, 6.45) is 0. The first kappa shape index (κ1) is 15.2. The molecule has 118 valence electrons. The molecule has 1 N–H and O–H groups in total. The highest BCUT2D eigenvalue weighted by Gasteiger charge is 2.13. The average Bonchev–Trinajstić information content (AvgIpc) is 3.16. The molecule has 0 aliphatic rings. The maximum Gasteiger partial charge on any atom is 0.293 e. The van der Waals surface area contributed by atoms with E-state index in [2.05, 4.69) is 10.3 Å². The topological polar surface area (TPSA) is 64.4 Å². The minimum absolute atomic E-state index is 0.0323. The zero-order valence-electron chi connectivity index (χ0n) is 12.2. The molecule has 3 aromatic rings. The van der Waals surface area contributed by atoms with Gasteiger partial charge < -0.3 is 9.15 Å². The van der Waals surface area contributed by atoms with Crippen molar-refractivity contribution in [2.24, 2.45) is 0 Å². The van der Waals surface area contributed by atoms with Crippen molar-refractivity contribution in [3.05, 3.63) is 64.8 Å². The Morgan fingerprint density at radius 3 is 2.91 bits per heavy atom. The van der Waals surface area contributed by atoms with Crippen LogP contribution in [0.1, 0.15) is 22.0 Å². The molecule has 7 heteroatoms. The van der Waals surface area contributed by atoms with Crippen LogP contribution in [0.3, 0.4) is 0 Å². The van der Waals surface area contributed by atoms with Crippen LogP contribution in [0.25, 0.3) is 0 Å². The summed E-state index contributed by atoms with van der Waals surface area (Å²) in [5.74, 6) is -0.139. The number of rotatable bonds is 5. The van der Waals surface area contributed by atoms with Gasteiger partial charge in [-0.05, 0) is 31.2 Å². The lowest BCUT2D eigenvalue weighted by Gasteiger charge is -2.04. The van der Waals surface area contributed by atoms with Crippen molar-refractivity contribution in [2.45, 2.75) is 13.5 Å². The Hall–Kier alpha value is -2.67. The van der Waals surface area contributed by atoms with Crippen molar-refractivity contribution < 1.29 is 18.3 Å². The van der Waals surface area contributed by atoms with E-state index >= 15 is 0 Å². The molecule has 2 heterocycles. The third kappa shape index (κ3) is 3.75. The summed E-state index contributed by atoms with van der Waals surface area (Å²) in [5.41, 5.74) is 0.837. The van der Waals surface area contributed by atoms with Crippen molar-refractivity contribution in [3.63, 3.8) is 0 Å². The van der Waals surface area contributed by atoms with Gasteiger partial charge in [-0.3, -0.25) is 10.1 Å². The average molecular weight is 332 g/mol. The number of halogens is 1. The van der Waals surface area contributed by atoms with Crippen LogP contribution < -0.4 is 10.1 Å². The fraction of sp³-hybridized carbons (Fsp3) is 0.125. The van der Waals surface area contributed by atoms with Gasteiger partial charge in [-0.1, -0.05) is 12.1 Å². The van der Waals surface area contributed by atoms with E-state index < -0.39 is 11.7 Å². The second-order valence-corrected chi connectivity index (χ2v) is 5.59. The number of carbonyl (C=O) groups is 1. The van der Waals surface area contributed by atoms with Crippen LogP contribution in [0, 0.1) is 12.7 Å². The Morgan fingerprint density at radius 1 is 1.35 bits per heavy atom. The summed E-state index contributed by atoms with van der Waals surface area (Å²) in [5, 5.41) is 5.00. The normalized spacial score (nSPS) is 10.5. The van der Waals surface area contributed by atoms with E-state index in [-0.39, 0.29) is 18.1 Å². The van der Waals surface area contributed by atoms with Crippen molar-refractivity contribution >= 4 is 22.4 Å². The zero-order valence-corrected chi connectivity index (χ0v) is 13.0. The van der Waals surface area contributed by atoms with Gasteiger partial charge in [0.15, 0.2) is 22.5 Å². The first-order valence-electron chi connectivity index (χ1n) is 6.81. The van der Waals surface area contributed by atoms with Crippen molar-refractivity contribution in [1.82, 2.24) is 4.98 Å². The highest BCUT2D eigenvalue weighted by atomic mass is 32.1. The number of aryl methyl sites for hydroxylation is 1. The van der Waals surface area contributed by atoms with Crippen molar-refractivity contribution in [2.75, 3.05) is 5.32 Å². The minimum Gasteiger partial charge on any atom is -0.483 e. The molecular formula is C16H13FN2O3S. The molecule has 2 aromatic heterocycles. The number of para-hydroxylation sites is 1. The van der Waals surface area contributed by atoms with Gasteiger partial charge in [0, 0.05) is 5.38 Å². The molecule has 5 nitrogen and oxygen atoms in total. The maximum atomic E-state index is 13.4.